The van der Waals surface area contributed by atoms with Crippen molar-refractivity contribution in [3.05, 3.63) is 35.9 Å². The van der Waals surface area contributed by atoms with Gasteiger partial charge in [-0.15, -0.1) is 12.4 Å². The number of nitrogens with zero attached hydrogens (tertiary/aromatic N) is 1. The van der Waals surface area contributed by atoms with E-state index in [0.29, 0.717) is 19.0 Å². The van der Waals surface area contributed by atoms with Crippen LogP contribution >= 0.6 is 12.4 Å². The molecule has 0 aliphatic rings. The molecule has 1 aromatic carbocycles. The number of hydrogen-bond acceptors (Lipinski definition) is 4. The third-order valence-corrected chi connectivity index (χ3v) is 2.27. The summed E-state index contributed by atoms with van der Waals surface area (Å²) in [6.07, 6.45) is 0. The Kier molecular flexibility index (Phi) is 5.00. The number of benzene rings is 1. The van der Waals surface area contributed by atoms with Gasteiger partial charge in [0.2, 0.25) is 0 Å². The summed E-state index contributed by atoms with van der Waals surface area (Å²) >= 11 is 0. The van der Waals surface area contributed by atoms with Gasteiger partial charge >= 0.3 is 0 Å². The molecule has 2 N–H and O–H groups in total. The van der Waals surface area contributed by atoms with Gasteiger partial charge in [-0.2, -0.15) is 0 Å². The first-order valence-corrected chi connectivity index (χ1v) is 5.17. The van der Waals surface area contributed by atoms with Gasteiger partial charge in [-0.1, -0.05) is 30.3 Å². The van der Waals surface area contributed by atoms with Gasteiger partial charge in [0.05, 0.1) is 5.56 Å². The zero-order valence-corrected chi connectivity index (χ0v) is 10.4. The molecule has 0 amide bonds. The van der Waals surface area contributed by atoms with Crippen LogP contribution in [0.25, 0.3) is 11.3 Å². The van der Waals surface area contributed by atoms with E-state index in [0.717, 1.165) is 16.9 Å². The Morgan fingerprint density at radius 2 is 2.00 bits per heavy atom. The lowest BCUT2D eigenvalue weighted by molar-refractivity contribution is 0.287. The highest BCUT2D eigenvalue weighted by Gasteiger charge is 2.14. The van der Waals surface area contributed by atoms with Gasteiger partial charge in [-0.3, -0.25) is 0 Å². The van der Waals surface area contributed by atoms with Crippen molar-refractivity contribution >= 4 is 12.4 Å². The Morgan fingerprint density at radius 1 is 1.29 bits per heavy atom. The highest BCUT2D eigenvalue weighted by molar-refractivity contribution is 5.85. The highest BCUT2D eigenvalue weighted by atomic mass is 35.5. The normalized spacial score (nSPS) is 9.76. The van der Waals surface area contributed by atoms with Gasteiger partial charge in [-0.25, -0.2) is 0 Å². The van der Waals surface area contributed by atoms with E-state index in [9.17, 15) is 0 Å². The molecule has 0 aliphatic carbocycles. The Hall–Kier alpha value is -1.52. The van der Waals surface area contributed by atoms with Crippen molar-refractivity contribution in [2.24, 2.45) is 5.73 Å². The molecule has 1 heterocycles. The van der Waals surface area contributed by atoms with Crippen LogP contribution in [-0.4, -0.2) is 18.3 Å². The van der Waals surface area contributed by atoms with E-state index in [4.69, 9.17) is 15.0 Å². The Bertz CT molecular complexity index is 457. The molecule has 0 fully saturated rings. The fourth-order valence-electron chi connectivity index (χ4n) is 1.47. The number of aromatic nitrogens is 1. The van der Waals surface area contributed by atoms with Crippen molar-refractivity contribution in [3.63, 3.8) is 0 Å². The quantitative estimate of drug-likeness (QED) is 0.910. The lowest BCUT2D eigenvalue weighted by Gasteiger charge is -2.00. The summed E-state index contributed by atoms with van der Waals surface area (Å²) in [5.41, 5.74) is 7.26. The SMILES string of the molecule is Cc1c(OCCN)noc1-c1ccccc1.Cl. The van der Waals surface area contributed by atoms with Crippen LogP contribution in [0.1, 0.15) is 5.56 Å². The predicted octanol–water partition coefficient (Wildman–Crippen LogP) is 2.41. The van der Waals surface area contributed by atoms with Gasteiger partial charge in [0.25, 0.3) is 5.88 Å². The minimum Gasteiger partial charge on any atom is -0.474 e. The van der Waals surface area contributed by atoms with Crippen molar-refractivity contribution in [2.45, 2.75) is 6.92 Å². The average Bonchev–Trinajstić information content (AvgIpc) is 2.69. The summed E-state index contributed by atoms with van der Waals surface area (Å²) in [6, 6.07) is 9.82. The molecule has 0 atom stereocenters. The maximum absolute atomic E-state index is 5.36. The van der Waals surface area contributed by atoms with Crippen LogP contribution in [0, 0.1) is 6.92 Å². The van der Waals surface area contributed by atoms with Crippen LogP contribution in [0.5, 0.6) is 5.88 Å². The maximum Gasteiger partial charge on any atom is 0.257 e. The summed E-state index contributed by atoms with van der Waals surface area (Å²) in [5, 5.41) is 3.88. The Morgan fingerprint density at radius 3 is 2.65 bits per heavy atom. The molecule has 1 aromatic heterocycles. The lowest BCUT2D eigenvalue weighted by Crippen LogP contribution is -2.11. The Balaban J connectivity index is 0.00000144. The third-order valence-electron chi connectivity index (χ3n) is 2.27. The fourth-order valence-corrected chi connectivity index (χ4v) is 1.47. The van der Waals surface area contributed by atoms with Crippen LogP contribution in [0.15, 0.2) is 34.9 Å². The monoisotopic (exact) mass is 254 g/mol. The molecule has 4 nitrogen and oxygen atoms in total. The summed E-state index contributed by atoms with van der Waals surface area (Å²) in [6.45, 7) is 2.83. The number of rotatable bonds is 4. The van der Waals surface area contributed by atoms with Gasteiger partial charge in [-0.05, 0) is 12.1 Å². The second-order valence-corrected chi connectivity index (χ2v) is 3.45. The third kappa shape index (κ3) is 2.99. The fraction of sp³-hybridized carbons (Fsp3) is 0.250. The van der Waals surface area contributed by atoms with E-state index in [1.54, 1.807) is 0 Å². The van der Waals surface area contributed by atoms with E-state index in [-0.39, 0.29) is 12.4 Å². The zero-order chi connectivity index (χ0) is 11.4. The molecule has 2 aromatic rings. The molecule has 92 valence electrons. The van der Waals surface area contributed by atoms with E-state index < -0.39 is 0 Å². The molecule has 0 saturated carbocycles. The molecule has 0 saturated heterocycles. The van der Waals surface area contributed by atoms with Crippen molar-refractivity contribution in [1.29, 1.82) is 0 Å². The largest absolute Gasteiger partial charge is 0.474 e. The first-order valence-electron chi connectivity index (χ1n) is 5.17. The van der Waals surface area contributed by atoms with E-state index in [1.807, 2.05) is 37.3 Å². The molecule has 0 aliphatic heterocycles. The second kappa shape index (κ2) is 6.27. The zero-order valence-electron chi connectivity index (χ0n) is 9.55. The van der Waals surface area contributed by atoms with Gasteiger partial charge in [0, 0.05) is 12.1 Å². The molecule has 17 heavy (non-hydrogen) atoms. The average molecular weight is 255 g/mol. The first kappa shape index (κ1) is 13.5. The smallest absolute Gasteiger partial charge is 0.257 e. The van der Waals surface area contributed by atoms with Crippen LogP contribution in [0.3, 0.4) is 0 Å². The summed E-state index contributed by atoms with van der Waals surface area (Å²) in [7, 11) is 0. The van der Waals surface area contributed by atoms with Crippen LogP contribution in [0.2, 0.25) is 0 Å². The van der Waals surface area contributed by atoms with Gasteiger partial charge in [0.1, 0.15) is 6.61 Å². The topological polar surface area (TPSA) is 61.3 Å². The molecule has 0 spiro atoms. The van der Waals surface area contributed by atoms with Crippen LogP contribution in [0.4, 0.5) is 0 Å². The summed E-state index contributed by atoms with van der Waals surface area (Å²) in [5.74, 6) is 1.26. The van der Waals surface area contributed by atoms with Gasteiger partial charge < -0.3 is 15.0 Å². The minimum absolute atomic E-state index is 0. The molecule has 0 bridgehead atoms. The van der Waals surface area contributed by atoms with E-state index in [2.05, 4.69) is 5.16 Å². The van der Waals surface area contributed by atoms with E-state index in [1.165, 1.54) is 0 Å². The standard InChI is InChI=1S/C12H14N2O2.ClH/c1-9-11(10-5-3-2-4-6-10)16-14-12(9)15-8-7-13;/h2-6H,7-8,13H2,1H3;1H. The van der Waals surface area contributed by atoms with Crippen LogP contribution in [-0.2, 0) is 0 Å². The van der Waals surface area contributed by atoms with Crippen molar-refractivity contribution in [2.75, 3.05) is 13.2 Å². The number of nitrogens with two attached hydrogens (primary N) is 1. The maximum atomic E-state index is 5.36. The van der Waals surface area contributed by atoms with Crippen molar-refractivity contribution < 1.29 is 9.26 Å². The van der Waals surface area contributed by atoms with E-state index >= 15 is 0 Å². The number of halogens is 1. The lowest BCUT2D eigenvalue weighted by atomic mass is 10.1. The number of ether oxygens (including phenoxy) is 1. The highest BCUT2D eigenvalue weighted by Crippen LogP contribution is 2.29. The molecule has 0 radical (unpaired) electrons. The molecular weight excluding hydrogens is 240 g/mol. The summed E-state index contributed by atoms with van der Waals surface area (Å²) in [4.78, 5) is 0. The number of hydrogen-bond donors (Lipinski definition) is 1. The van der Waals surface area contributed by atoms with Gasteiger partial charge in [0.15, 0.2) is 5.76 Å². The summed E-state index contributed by atoms with van der Waals surface area (Å²) < 4.78 is 10.6. The second-order valence-electron chi connectivity index (χ2n) is 3.45. The van der Waals surface area contributed by atoms with Crippen molar-refractivity contribution in [1.82, 2.24) is 5.16 Å². The predicted molar refractivity (Wildman–Crippen MR) is 68.5 cm³/mol. The molecule has 2 rings (SSSR count). The Labute approximate surface area is 106 Å². The molecule has 0 unspecified atom stereocenters. The molecule has 5 heteroatoms. The molecular formula is C12H15ClN2O2. The van der Waals surface area contributed by atoms with Crippen molar-refractivity contribution in [3.8, 4) is 17.2 Å². The minimum atomic E-state index is 0. The first-order chi connectivity index (χ1) is 7.83. The van der Waals surface area contributed by atoms with Crippen LogP contribution < -0.4 is 10.5 Å².